The average molecular weight is 390 g/mol. The van der Waals surface area contributed by atoms with Crippen LogP contribution in [0.5, 0.6) is 11.5 Å². The third-order valence-electron chi connectivity index (χ3n) is 3.96. The zero-order chi connectivity index (χ0) is 19.3. The highest BCUT2D eigenvalue weighted by Gasteiger charge is 2.19. The molecule has 1 amide bonds. The van der Waals surface area contributed by atoms with Gasteiger partial charge in [0.05, 0.1) is 18.1 Å². The molecule has 0 unspecified atom stereocenters. The molecule has 8 heteroatoms. The zero-order valence-electron chi connectivity index (χ0n) is 15.0. The van der Waals surface area contributed by atoms with Crippen LogP contribution in [0.25, 0.3) is 0 Å². The van der Waals surface area contributed by atoms with E-state index >= 15 is 0 Å². The first-order valence-electron chi connectivity index (χ1n) is 8.80. The zero-order valence-corrected chi connectivity index (χ0v) is 15.8. The summed E-state index contributed by atoms with van der Waals surface area (Å²) in [5, 5.41) is 2.77. The van der Waals surface area contributed by atoms with Crippen molar-refractivity contribution in [3.05, 3.63) is 48.0 Å². The van der Waals surface area contributed by atoms with Crippen LogP contribution in [0.2, 0.25) is 0 Å². The van der Waals surface area contributed by atoms with Crippen LogP contribution < -0.4 is 19.5 Å². The molecule has 2 aromatic carbocycles. The van der Waals surface area contributed by atoms with Gasteiger partial charge in [-0.25, -0.2) is 8.42 Å². The lowest BCUT2D eigenvalue weighted by molar-refractivity contribution is 0.0953. The summed E-state index contributed by atoms with van der Waals surface area (Å²) in [6.07, 6.45) is 1.59. The number of anilines is 1. The predicted molar refractivity (Wildman–Crippen MR) is 102 cm³/mol. The Balaban J connectivity index is 1.74. The van der Waals surface area contributed by atoms with Crippen molar-refractivity contribution in [2.75, 3.05) is 24.5 Å². The molecule has 0 aliphatic carbocycles. The van der Waals surface area contributed by atoms with E-state index in [0.29, 0.717) is 42.5 Å². The Morgan fingerprint density at radius 2 is 1.74 bits per heavy atom. The van der Waals surface area contributed by atoms with Crippen LogP contribution in [0.3, 0.4) is 0 Å². The minimum absolute atomic E-state index is 0.0801. The van der Waals surface area contributed by atoms with Gasteiger partial charge in [-0.2, -0.15) is 0 Å². The molecule has 3 rings (SSSR count). The van der Waals surface area contributed by atoms with Crippen LogP contribution in [-0.2, 0) is 10.0 Å². The monoisotopic (exact) mass is 390 g/mol. The first-order chi connectivity index (χ1) is 13.0. The summed E-state index contributed by atoms with van der Waals surface area (Å²) in [7, 11) is -3.79. The number of hydrogen-bond acceptors (Lipinski definition) is 5. The van der Waals surface area contributed by atoms with Gasteiger partial charge in [-0.1, -0.05) is 6.92 Å². The van der Waals surface area contributed by atoms with Gasteiger partial charge >= 0.3 is 0 Å². The van der Waals surface area contributed by atoms with Crippen molar-refractivity contribution in [3.63, 3.8) is 0 Å². The highest BCUT2D eigenvalue weighted by Crippen LogP contribution is 2.32. The maximum atomic E-state index is 12.6. The van der Waals surface area contributed by atoms with E-state index < -0.39 is 10.0 Å². The molecule has 144 valence electrons. The molecule has 0 bridgehead atoms. The number of nitrogens with one attached hydrogen (secondary N) is 2. The molecular weight excluding hydrogens is 368 g/mol. The second kappa shape index (κ2) is 8.30. The van der Waals surface area contributed by atoms with Gasteiger partial charge in [0, 0.05) is 30.3 Å². The quantitative estimate of drug-likeness (QED) is 0.791. The predicted octanol–water partition coefficient (Wildman–Crippen LogP) is 2.79. The fraction of sp³-hybridized carbons (Fsp3) is 0.316. The molecule has 0 radical (unpaired) electrons. The number of benzene rings is 2. The third-order valence-corrected chi connectivity index (χ3v) is 5.34. The van der Waals surface area contributed by atoms with Gasteiger partial charge in [0.2, 0.25) is 0 Å². The lowest BCUT2D eigenvalue weighted by Crippen LogP contribution is -2.23. The van der Waals surface area contributed by atoms with Crippen LogP contribution in [0, 0.1) is 0 Å². The Labute approximate surface area is 158 Å². The Bertz CT molecular complexity index is 910. The number of amides is 1. The molecule has 0 aromatic heterocycles. The van der Waals surface area contributed by atoms with E-state index in [4.69, 9.17) is 9.47 Å². The number of carbonyl (C=O) groups is 1. The lowest BCUT2D eigenvalue weighted by Gasteiger charge is -2.12. The second-order valence-corrected chi connectivity index (χ2v) is 7.78. The first kappa shape index (κ1) is 19.0. The second-order valence-electron chi connectivity index (χ2n) is 6.10. The van der Waals surface area contributed by atoms with Gasteiger partial charge in [-0.05, 0) is 42.8 Å². The summed E-state index contributed by atoms with van der Waals surface area (Å²) >= 11 is 0. The number of ether oxygens (including phenoxy) is 2. The van der Waals surface area contributed by atoms with E-state index in [9.17, 15) is 13.2 Å². The molecule has 1 aliphatic rings. The van der Waals surface area contributed by atoms with Crippen molar-refractivity contribution in [1.29, 1.82) is 0 Å². The Morgan fingerprint density at radius 1 is 1.04 bits per heavy atom. The molecule has 2 aromatic rings. The van der Waals surface area contributed by atoms with Crippen molar-refractivity contribution in [3.8, 4) is 11.5 Å². The van der Waals surface area contributed by atoms with E-state index in [1.54, 1.807) is 30.3 Å². The molecular formula is C19H22N2O5S. The molecule has 1 heterocycles. The largest absolute Gasteiger partial charge is 0.490 e. The molecule has 1 aliphatic heterocycles. The van der Waals surface area contributed by atoms with Crippen LogP contribution in [0.1, 0.15) is 30.1 Å². The van der Waals surface area contributed by atoms with Crippen molar-refractivity contribution >= 4 is 21.6 Å². The van der Waals surface area contributed by atoms with E-state index in [0.717, 1.165) is 12.8 Å². The number of rotatable bonds is 6. The fourth-order valence-electron chi connectivity index (χ4n) is 2.56. The summed E-state index contributed by atoms with van der Waals surface area (Å²) in [4.78, 5) is 12.0. The molecule has 0 atom stereocenters. The smallest absolute Gasteiger partial charge is 0.262 e. The molecule has 2 N–H and O–H groups in total. The fourth-order valence-corrected chi connectivity index (χ4v) is 3.63. The Morgan fingerprint density at radius 3 is 2.44 bits per heavy atom. The van der Waals surface area contributed by atoms with E-state index in [2.05, 4.69) is 10.0 Å². The van der Waals surface area contributed by atoms with E-state index in [-0.39, 0.29) is 10.8 Å². The number of hydrogen-bond donors (Lipinski definition) is 2. The summed E-state index contributed by atoms with van der Waals surface area (Å²) in [5.41, 5.74) is 0.844. The topological polar surface area (TPSA) is 93.7 Å². The average Bonchev–Trinajstić information content (AvgIpc) is 2.91. The standard InChI is InChI=1S/C19H22N2O5S/c1-2-10-20-19(22)14-4-6-15(7-5-14)21-27(23,24)16-8-9-17-18(13-16)26-12-3-11-25-17/h4-9,13,21H,2-3,10-12H2,1H3,(H,20,22). The third kappa shape index (κ3) is 4.71. The van der Waals surface area contributed by atoms with Gasteiger partial charge < -0.3 is 14.8 Å². The van der Waals surface area contributed by atoms with Crippen LogP contribution in [0.15, 0.2) is 47.4 Å². The van der Waals surface area contributed by atoms with Crippen molar-refractivity contribution < 1.29 is 22.7 Å². The molecule has 0 saturated heterocycles. The Hall–Kier alpha value is -2.74. The van der Waals surface area contributed by atoms with Crippen LogP contribution >= 0.6 is 0 Å². The molecule has 0 fully saturated rings. The summed E-state index contributed by atoms with van der Waals surface area (Å²) in [5.74, 6) is 0.765. The summed E-state index contributed by atoms with van der Waals surface area (Å²) in [6.45, 7) is 3.58. The lowest BCUT2D eigenvalue weighted by atomic mass is 10.2. The molecule has 0 spiro atoms. The minimum Gasteiger partial charge on any atom is -0.490 e. The molecule has 7 nitrogen and oxygen atoms in total. The number of fused-ring (bicyclic) bond motifs is 1. The van der Waals surface area contributed by atoms with Gasteiger partial charge in [0.25, 0.3) is 15.9 Å². The van der Waals surface area contributed by atoms with Gasteiger partial charge in [0.1, 0.15) is 0 Å². The van der Waals surface area contributed by atoms with Gasteiger partial charge in [0.15, 0.2) is 11.5 Å². The van der Waals surface area contributed by atoms with E-state index in [1.807, 2.05) is 6.92 Å². The normalized spacial score (nSPS) is 13.5. The van der Waals surface area contributed by atoms with Crippen molar-refractivity contribution in [1.82, 2.24) is 5.32 Å². The van der Waals surface area contributed by atoms with Crippen molar-refractivity contribution in [2.24, 2.45) is 0 Å². The summed E-state index contributed by atoms with van der Waals surface area (Å²) in [6, 6.07) is 10.8. The highest BCUT2D eigenvalue weighted by molar-refractivity contribution is 7.92. The maximum Gasteiger partial charge on any atom is 0.262 e. The van der Waals surface area contributed by atoms with Crippen LogP contribution in [0.4, 0.5) is 5.69 Å². The highest BCUT2D eigenvalue weighted by atomic mass is 32.2. The number of carbonyl (C=O) groups excluding carboxylic acids is 1. The minimum atomic E-state index is -3.79. The molecule has 27 heavy (non-hydrogen) atoms. The van der Waals surface area contributed by atoms with Gasteiger partial charge in [-0.15, -0.1) is 0 Å². The maximum absolute atomic E-state index is 12.6. The van der Waals surface area contributed by atoms with E-state index in [1.165, 1.54) is 12.1 Å². The van der Waals surface area contributed by atoms with Gasteiger partial charge in [-0.3, -0.25) is 9.52 Å². The Kier molecular flexibility index (Phi) is 5.85. The molecule has 0 saturated carbocycles. The SMILES string of the molecule is CCCNC(=O)c1ccc(NS(=O)(=O)c2ccc3c(c2)OCCCO3)cc1. The number of sulfonamides is 1. The van der Waals surface area contributed by atoms with Crippen molar-refractivity contribution in [2.45, 2.75) is 24.7 Å². The van der Waals surface area contributed by atoms with Crippen LogP contribution in [-0.4, -0.2) is 34.1 Å². The first-order valence-corrected chi connectivity index (χ1v) is 10.3. The summed E-state index contributed by atoms with van der Waals surface area (Å²) < 4.78 is 38.9.